The molecule has 7 N–H and O–H groups in total. The van der Waals surface area contributed by atoms with Crippen molar-refractivity contribution >= 4 is 84.9 Å². The van der Waals surface area contributed by atoms with Gasteiger partial charge in [0.2, 0.25) is 17.6 Å². The van der Waals surface area contributed by atoms with E-state index in [0.717, 1.165) is 139 Å². The summed E-state index contributed by atoms with van der Waals surface area (Å²) in [6.07, 6.45) is 3.91. The number of rotatable bonds is 25. The van der Waals surface area contributed by atoms with Crippen LogP contribution in [0, 0.1) is 38.2 Å². The van der Waals surface area contributed by atoms with E-state index in [-0.39, 0.29) is 86.8 Å². The van der Waals surface area contributed by atoms with Gasteiger partial charge in [-0.3, -0.25) is 29.1 Å². The van der Waals surface area contributed by atoms with Gasteiger partial charge < -0.3 is 74.9 Å². The number of amides is 3. The molecule has 0 unspecified atom stereocenters. The molecule has 27 nitrogen and oxygen atoms in total. The van der Waals surface area contributed by atoms with Crippen molar-refractivity contribution in [3.63, 3.8) is 0 Å². The molecule has 0 atom stereocenters. The van der Waals surface area contributed by atoms with Crippen LogP contribution in [0.25, 0.3) is 32.7 Å². The van der Waals surface area contributed by atoms with Crippen molar-refractivity contribution < 1.29 is 41.8 Å². The second-order valence-electron chi connectivity index (χ2n) is 29.6. The average molecular weight is 1590 g/mol. The summed E-state index contributed by atoms with van der Waals surface area (Å²) in [6, 6.07) is 39.2. The van der Waals surface area contributed by atoms with E-state index in [1.165, 1.54) is 68.6 Å². The Morgan fingerprint density at radius 3 is 0.991 bits per heavy atom. The molecule has 612 valence electrons. The lowest BCUT2D eigenvalue weighted by Crippen LogP contribution is -2.45. The summed E-state index contributed by atoms with van der Waals surface area (Å²) in [6.45, 7) is 31.2. The Kier molecular flexibility index (Phi) is 27.0. The van der Waals surface area contributed by atoms with Crippen LogP contribution in [-0.4, -0.2) is 235 Å². The standard InChI is InChI=1S/C30H36FN7O2.C29H34FN7O2.C28H32FN7O2/c1-5-36(4)30(39)26-28(35-22-9-7-21(8-10-22)18-38-15-13-37(6-2)14-16-38)32-19-33-29(26)40-25-12-11-24-23(27(25)31)17-20(3)34-24;1-5-36(4)29(38)25-27(34-21-8-6-20(7-9-21)17-37-14-12-35(3)13-15-37)31-18-32-28(25)39-24-11-10-23-22(26(24)30)16-19(2)33-23;1-4-35(3)28(37)24-26(34-20-7-5-19(6-8-20)16-36-13-11-30-12-14-36)31-17-32-27(24)38-23-10-9-22-21(25(23)29)15-18(2)33-22/h7-12,17,19,34H,5-6,13-16,18H2,1-4H3,(H,32,33,35);6-11,16,18,33H,5,12-15,17H2,1-4H3,(H,31,32,34);5-10,15,17,30,33H,4,11-14,16H2,1-3H3,(H,31,32,34). The van der Waals surface area contributed by atoms with Gasteiger partial charge in [-0.15, -0.1) is 0 Å². The number of carbonyl (C=O) groups excluding carboxylic acids is 3. The number of halogens is 3. The second kappa shape index (κ2) is 38.1. The zero-order chi connectivity index (χ0) is 82.4. The van der Waals surface area contributed by atoms with Gasteiger partial charge >= 0.3 is 0 Å². The highest BCUT2D eigenvalue weighted by Crippen LogP contribution is 2.39. The first-order valence-electron chi connectivity index (χ1n) is 39.7. The molecule has 0 saturated carbocycles. The maximum atomic E-state index is 15.3. The predicted molar refractivity (Wildman–Crippen MR) is 451 cm³/mol. The minimum atomic E-state index is -0.526. The number of nitrogens with one attached hydrogen (secondary N) is 7. The minimum absolute atomic E-state index is 0.0175. The highest BCUT2D eigenvalue weighted by molar-refractivity contribution is 6.03. The van der Waals surface area contributed by atoms with Gasteiger partial charge in [0.25, 0.3) is 17.7 Å². The number of hydrogen-bond acceptors (Lipinski definition) is 21. The van der Waals surface area contributed by atoms with Crippen molar-refractivity contribution in [2.75, 3.05) is 149 Å². The van der Waals surface area contributed by atoms with Gasteiger partial charge in [-0.25, -0.2) is 43.1 Å². The van der Waals surface area contributed by atoms with Crippen LogP contribution in [0.4, 0.5) is 47.7 Å². The Bertz CT molecular complexity index is 5430. The molecule has 9 heterocycles. The lowest BCUT2D eigenvalue weighted by Gasteiger charge is -2.34. The van der Waals surface area contributed by atoms with Crippen LogP contribution in [0.2, 0.25) is 0 Å². The first kappa shape index (κ1) is 82.9. The fraction of sp³-hybridized carbons (Fsp3) is 0.345. The summed E-state index contributed by atoms with van der Waals surface area (Å²) in [4.78, 5) is 92.0. The van der Waals surface area contributed by atoms with E-state index in [2.05, 4.69) is 141 Å². The van der Waals surface area contributed by atoms with Crippen molar-refractivity contribution in [3.05, 3.63) is 214 Å². The molecule has 0 radical (unpaired) electrons. The molecule has 3 amide bonds. The third-order valence-electron chi connectivity index (χ3n) is 21.3. The Morgan fingerprint density at radius 2 is 0.692 bits per heavy atom. The van der Waals surface area contributed by atoms with E-state index in [1.54, 1.807) is 57.5 Å². The highest BCUT2D eigenvalue weighted by atomic mass is 19.1. The van der Waals surface area contributed by atoms with Crippen molar-refractivity contribution in [1.29, 1.82) is 0 Å². The summed E-state index contributed by atoms with van der Waals surface area (Å²) in [5.41, 5.74) is 10.9. The van der Waals surface area contributed by atoms with Crippen LogP contribution in [0.3, 0.4) is 0 Å². The number of piperazine rings is 3. The van der Waals surface area contributed by atoms with E-state index < -0.39 is 17.5 Å². The lowest BCUT2D eigenvalue weighted by atomic mass is 10.1. The topological polar surface area (TPSA) is 278 Å². The molecule has 6 aromatic carbocycles. The lowest BCUT2D eigenvalue weighted by molar-refractivity contribution is 0.0791. The van der Waals surface area contributed by atoms with Gasteiger partial charge in [-0.05, 0) is 163 Å². The van der Waals surface area contributed by atoms with Crippen LogP contribution in [0.5, 0.6) is 34.9 Å². The molecule has 3 aliphatic rings. The SMILES string of the molecule is CCN(C)C(=O)c1c(Nc2ccc(CN3CCN(C)CC3)cc2)ncnc1Oc1ccc2[nH]c(C)cc2c1F.CCN(C)C(=O)c1c(Nc2ccc(CN3CCNCC3)cc2)ncnc1Oc1ccc2[nH]c(C)cc2c1F.CCN1CCN(Cc2ccc(Nc3ncnc(Oc4ccc5[nH]c(C)cc5c4F)c3C(=O)N(C)CC)cc2)CC1. The molecule has 12 aromatic rings. The Hall–Kier alpha value is -12.1. The van der Waals surface area contributed by atoms with E-state index in [4.69, 9.17) is 14.2 Å². The van der Waals surface area contributed by atoms with Crippen LogP contribution in [0.1, 0.15) is 92.5 Å². The molecule has 3 aliphatic heterocycles. The summed E-state index contributed by atoms with van der Waals surface area (Å²) in [5.74, 6) is -1.83. The number of fused-ring (bicyclic) bond motifs is 3. The molecule has 0 aliphatic carbocycles. The molecule has 0 spiro atoms. The molecule has 117 heavy (non-hydrogen) atoms. The smallest absolute Gasteiger partial charge is 0.262 e. The number of aromatic nitrogens is 9. The van der Waals surface area contributed by atoms with Gasteiger partial charge in [0, 0.05) is 206 Å². The van der Waals surface area contributed by atoms with E-state index in [1.807, 2.05) is 77.9 Å². The predicted octanol–water partition coefficient (Wildman–Crippen LogP) is 14.4. The zero-order valence-corrected chi connectivity index (χ0v) is 68.1. The number of benzene rings is 6. The summed E-state index contributed by atoms with van der Waals surface area (Å²) in [7, 11) is 7.21. The molecule has 15 rings (SSSR count). The maximum absolute atomic E-state index is 15.3. The van der Waals surface area contributed by atoms with Crippen LogP contribution >= 0.6 is 0 Å². The Morgan fingerprint density at radius 1 is 0.402 bits per heavy atom. The second-order valence-corrected chi connectivity index (χ2v) is 29.6. The van der Waals surface area contributed by atoms with E-state index in [0.29, 0.717) is 52.3 Å². The third kappa shape index (κ3) is 20.3. The molecular formula is C87H102F3N21O6. The van der Waals surface area contributed by atoms with Crippen LogP contribution in [0.15, 0.2) is 146 Å². The van der Waals surface area contributed by atoms with Gasteiger partial charge in [-0.1, -0.05) is 43.3 Å². The first-order valence-corrected chi connectivity index (χ1v) is 39.7. The molecule has 0 bridgehead atoms. The first-order chi connectivity index (χ1) is 56.6. The number of anilines is 6. The molecule has 30 heteroatoms. The summed E-state index contributed by atoms with van der Waals surface area (Å²) >= 11 is 0. The van der Waals surface area contributed by atoms with Crippen LogP contribution < -0.4 is 35.5 Å². The number of aromatic amines is 3. The number of carbonyl (C=O) groups is 3. The normalized spacial score (nSPS) is 14.3. The number of ether oxygens (including phenoxy) is 3. The maximum Gasteiger partial charge on any atom is 0.262 e. The zero-order valence-electron chi connectivity index (χ0n) is 68.1. The summed E-state index contributed by atoms with van der Waals surface area (Å²) in [5, 5.41) is 14.3. The molecule has 3 saturated heterocycles. The number of hydrogen-bond donors (Lipinski definition) is 7. The van der Waals surface area contributed by atoms with Crippen molar-refractivity contribution in [2.45, 2.75) is 68.1 Å². The van der Waals surface area contributed by atoms with Crippen molar-refractivity contribution in [1.82, 2.24) is 89.4 Å². The molecule has 3 fully saturated rings. The largest absolute Gasteiger partial charge is 0.435 e. The monoisotopic (exact) mass is 1590 g/mol. The number of nitrogens with zero attached hydrogens (tertiary/aromatic N) is 14. The fourth-order valence-corrected chi connectivity index (χ4v) is 14.0. The van der Waals surface area contributed by atoms with E-state index >= 15 is 13.2 Å². The van der Waals surface area contributed by atoms with Crippen molar-refractivity contribution in [2.24, 2.45) is 0 Å². The van der Waals surface area contributed by atoms with Gasteiger partial charge in [0.15, 0.2) is 52.2 Å². The number of likely N-dealkylation sites (N-methyl/N-ethyl adjacent to an activating group) is 2. The number of H-pyrrole nitrogens is 3. The van der Waals surface area contributed by atoms with E-state index in [9.17, 15) is 14.4 Å². The van der Waals surface area contributed by atoms with Gasteiger partial charge in [0.1, 0.15) is 35.7 Å². The summed E-state index contributed by atoms with van der Waals surface area (Å²) < 4.78 is 63.7. The molecular weight excluding hydrogens is 1490 g/mol. The average Bonchev–Trinajstić information content (AvgIpc) is 1.78. The fourth-order valence-electron chi connectivity index (χ4n) is 14.0. The van der Waals surface area contributed by atoms with Crippen LogP contribution in [-0.2, 0) is 19.6 Å². The Balaban J connectivity index is 0.000000152. The minimum Gasteiger partial charge on any atom is -0.435 e. The quantitative estimate of drug-likeness (QED) is 0.0280. The van der Waals surface area contributed by atoms with Gasteiger partial charge in [-0.2, -0.15) is 0 Å². The molecule has 6 aromatic heterocycles. The number of aryl methyl sites for hydroxylation is 3. The van der Waals surface area contributed by atoms with Crippen molar-refractivity contribution in [3.8, 4) is 34.9 Å². The highest BCUT2D eigenvalue weighted by Gasteiger charge is 2.30. The van der Waals surface area contributed by atoms with Gasteiger partial charge in [0.05, 0.1) is 0 Å². The third-order valence-corrected chi connectivity index (χ3v) is 21.3. The Labute approximate surface area is 679 Å².